The average Bonchev–Trinajstić information content (AvgIpc) is 2.94. The van der Waals surface area contributed by atoms with Gasteiger partial charge >= 0.3 is 5.97 Å². The summed E-state index contributed by atoms with van der Waals surface area (Å²) in [5.41, 5.74) is 3.86. The molecule has 0 bridgehead atoms. The fourth-order valence-electron chi connectivity index (χ4n) is 3.54. The summed E-state index contributed by atoms with van der Waals surface area (Å²) in [4.78, 5) is 11.0. The number of furan rings is 1. The Kier molecular flexibility index (Phi) is 4.03. The van der Waals surface area contributed by atoms with Crippen molar-refractivity contribution in [3.63, 3.8) is 0 Å². The molecule has 0 radical (unpaired) electrons. The first-order valence-corrected chi connectivity index (χ1v) is 8.63. The molecule has 0 fully saturated rings. The molecular formula is C20H23ClO3. The summed E-state index contributed by atoms with van der Waals surface area (Å²) >= 11 is 6.54. The van der Waals surface area contributed by atoms with Crippen molar-refractivity contribution in [1.29, 1.82) is 0 Å². The van der Waals surface area contributed by atoms with Gasteiger partial charge in [-0.3, -0.25) is 0 Å². The SMILES string of the molecule is CC1(C)CCC(C)(C)c2cc(Cc3ccc(C(=O)O)o3)c(Cl)cc21. The summed E-state index contributed by atoms with van der Waals surface area (Å²) in [6.45, 7) is 9.08. The lowest BCUT2D eigenvalue weighted by Gasteiger charge is -2.42. The van der Waals surface area contributed by atoms with Gasteiger partial charge in [-0.25, -0.2) is 4.79 Å². The molecule has 1 aliphatic carbocycles. The highest BCUT2D eigenvalue weighted by atomic mass is 35.5. The van der Waals surface area contributed by atoms with Crippen molar-refractivity contribution >= 4 is 17.6 Å². The molecule has 0 unspecified atom stereocenters. The summed E-state index contributed by atoms with van der Waals surface area (Å²) in [5, 5.41) is 9.70. The zero-order chi connectivity index (χ0) is 17.7. The second-order valence-corrected chi connectivity index (χ2v) is 8.41. The van der Waals surface area contributed by atoms with Crippen molar-refractivity contribution in [2.24, 2.45) is 0 Å². The Morgan fingerprint density at radius 3 is 2.25 bits per heavy atom. The van der Waals surface area contributed by atoms with Gasteiger partial charge in [-0.2, -0.15) is 0 Å². The van der Waals surface area contributed by atoms with Gasteiger partial charge in [-0.15, -0.1) is 0 Å². The monoisotopic (exact) mass is 346 g/mol. The van der Waals surface area contributed by atoms with Crippen molar-refractivity contribution in [2.75, 3.05) is 0 Å². The number of fused-ring (bicyclic) bond motifs is 1. The summed E-state index contributed by atoms with van der Waals surface area (Å²) in [6, 6.07) is 7.46. The van der Waals surface area contributed by atoms with Gasteiger partial charge in [-0.1, -0.05) is 45.4 Å². The van der Waals surface area contributed by atoms with Crippen LogP contribution in [-0.2, 0) is 17.3 Å². The molecule has 1 aromatic carbocycles. The van der Waals surface area contributed by atoms with Crippen LogP contribution in [0.15, 0.2) is 28.7 Å². The predicted octanol–water partition coefficient (Wildman–Crippen LogP) is 5.57. The minimum Gasteiger partial charge on any atom is -0.475 e. The second kappa shape index (κ2) is 5.66. The maximum Gasteiger partial charge on any atom is 0.371 e. The normalized spacial score (nSPS) is 18.2. The van der Waals surface area contributed by atoms with E-state index in [4.69, 9.17) is 21.1 Å². The van der Waals surface area contributed by atoms with E-state index in [0.717, 1.165) is 18.4 Å². The van der Waals surface area contributed by atoms with Gasteiger partial charge in [0.15, 0.2) is 0 Å². The molecule has 0 spiro atoms. The summed E-state index contributed by atoms with van der Waals surface area (Å²) in [7, 11) is 0. The zero-order valence-electron chi connectivity index (χ0n) is 14.6. The number of rotatable bonds is 3. The average molecular weight is 347 g/mol. The van der Waals surface area contributed by atoms with Crippen molar-refractivity contribution in [3.8, 4) is 0 Å². The van der Waals surface area contributed by atoms with Crippen LogP contribution >= 0.6 is 11.6 Å². The first-order valence-electron chi connectivity index (χ1n) is 8.25. The number of hydrogen-bond acceptors (Lipinski definition) is 2. The van der Waals surface area contributed by atoms with Crippen molar-refractivity contribution < 1.29 is 14.3 Å². The van der Waals surface area contributed by atoms with E-state index >= 15 is 0 Å². The minimum absolute atomic E-state index is 0.0412. The number of carbonyl (C=O) groups is 1. The Balaban J connectivity index is 2.02. The maximum absolute atomic E-state index is 11.0. The number of hydrogen-bond donors (Lipinski definition) is 1. The maximum atomic E-state index is 11.0. The number of benzene rings is 1. The Hall–Kier alpha value is -1.74. The van der Waals surface area contributed by atoms with Gasteiger partial charge in [0.05, 0.1) is 0 Å². The van der Waals surface area contributed by atoms with E-state index in [-0.39, 0.29) is 16.6 Å². The standard InChI is InChI=1S/C20H23ClO3/c1-19(2)7-8-20(3,4)15-11-16(21)12(10-14(15)19)9-13-5-6-17(24-13)18(22)23/h5-6,10-11H,7-9H2,1-4H3,(H,22,23). The third kappa shape index (κ3) is 2.98. The molecule has 3 nitrogen and oxygen atoms in total. The highest BCUT2D eigenvalue weighted by Crippen LogP contribution is 2.47. The lowest BCUT2D eigenvalue weighted by atomic mass is 9.63. The third-order valence-electron chi connectivity index (χ3n) is 5.26. The van der Waals surface area contributed by atoms with E-state index in [0.29, 0.717) is 17.2 Å². The Morgan fingerprint density at radius 1 is 1.12 bits per heavy atom. The lowest BCUT2D eigenvalue weighted by molar-refractivity contribution is 0.0660. The van der Waals surface area contributed by atoms with E-state index in [2.05, 4.69) is 39.8 Å². The zero-order valence-corrected chi connectivity index (χ0v) is 15.3. The van der Waals surface area contributed by atoms with E-state index in [1.54, 1.807) is 6.07 Å². The first-order chi connectivity index (χ1) is 11.1. The molecule has 1 aliphatic rings. The molecular weight excluding hydrogens is 324 g/mol. The fourth-order valence-corrected chi connectivity index (χ4v) is 3.77. The van der Waals surface area contributed by atoms with Crippen molar-refractivity contribution in [3.05, 3.63) is 57.5 Å². The predicted molar refractivity (Wildman–Crippen MR) is 95.2 cm³/mol. The summed E-state index contributed by atoms with van der Waals surface area (Å²) in [5.74, 6) is -0.483. The second-order valence-electron chi connectivity index (χ2n) is 8.00. The molecule has 24 heavy (non-hydrogen) atoms. The Labute approximate surface area is 147 Å². The van der Waals surface area contributed by atoms with Crippen molar-refractivity contribution in [2.45, 2.75) is 57.8 Å². The number of aromatic carboxylic acids is 1. The minimum atomic E-state index is -1.05. The third-order valence-corrected chi connectivity index (χ3v) is 5.61. The quantitative estimate of drug-likeness (QED) is 0.790. The molecule has 128 valence electrons. The van der Waals surface area contributed by atoms with Crippen LogP contribution in [-0.4, -0.2) is 11.1 Å². The van der Waals surface area contributed by atoms with Crippen LogP contribution in [0.2, 0.25) is 5.02 Å². The van der Waals surface area contributed by atoms with Crippen LogP contribution in [0.4, 0.5) is 0 Å². The molecule has 3 rings (SSSR count). The van der Waals surface area contributed by atoms with Crippen molar-refractivity contribution in [1.82, 2.24) is 0 Å². The smallest absolute Gasteiger partial charge is 0.371 e. The lowest BCUT2D eigenvalue weighted by Crippen LogP contribution is -2.34. The topological polar surface area (TPSA) is 50.4 Å². The summed E-state index contributed by atoms with van der Waals surface area (Å²) in [6.07, 6.45) is 2.77. The van der Waals surface area contributed by atoms with Crippen LogP contribution in [0.25, 0.3) is 0 Å². The first kappa shape index (κ1) is 17.1. The fraction of sp³-hybridized carbons (Fsp3) is 0.450. The molecule has 1 aromatic heterocycles. The van der Waals surface area contributed by atoms with Crippen LogP contribution < -0.4 is 0 Å². The van der Waals surface area contributed by atoms with Crippen LogP contribution in [0.1, 0.15) is 73.5 Å². The molecule has 1 N–H and O–H groups in total. The largest absolute Gasteiger partial charge is 0.475 e. The van der Waals surface area contributed by atoms with E-state index in [1.807, 2.05) is 0 Å². The molecule has 0 aliphatic heterocycles. The Morgan fingerprint density at radius 2 is 1.71 bits per heavy atom. The highest BCUT2D eigenvalue weighted by molar-refractivity contribution is 6.31. The van der Waals surface area contributed by atoms with E-state index < -0.39 is 5.97 Å². The van der Waals surface area contributed by atoms with Crippen LogP contribution in [0.5, 0.6) is 0 Å². The van der Waals surface area contributed by atoms with E-state index in [9.17, 15) is 4.79 Å². The van der Waals surface area contributed by atoms with Crippen LogP contribution in [0.3, 0.4) is 0 Å². The molecule has 1 heterocycles. The summed E-state index contributed by atoms with van der Waals surface area (Å²) < 4.78 is 5.38. The van der Waals surface area contributed by atoms with Crippen LogP contribution in [0, 0.1) is 0 Å². The number of carboxylic acid groups (broad SMARTS) is 1. The number of halogens is 1. The Bertz CT molecular complexity index is 799. The van der Waals surface area contributed by atoms with Gasteiger partial charge in [0.25, 0.3) is 0 Å². The molecule has 0 saturated heterocycles. The molecule has 0 amide bonds. The van der Waals surface area contributed by atoms with Gasteiger partial charge in [0, 0.05) is 11.4 Å². The molecule has 4 heteroatoms. The molecule has 0 saturated carbocycles. The number of carboxylic acids is 1. The van der Waals surface area contributed by atoms with Gasteiger partial charge in [0.2, 0.25) is 5.76 Å². The molecule has 2 aromatic rings. The van der Waals surface area contributed by atoms with Gasteiger partial charge in [0.1, 0.15) is 5.76 Å². The molecule has 0 atom stereocenters. The highest BCUT2D eigenvalue weighted by Gasteiger charge is 2.37. The van der Waals surface area contributed by atoms with Gasteiger partial charge in [-0.05, 0) is 58.6 Å². The van der Waals surface area contributed by atoms with Gasteiger partial charge < -0.3 is 9.52 Å². The van der Waals surface area contributed by atoms with E-state index in [1.165, 1.54) is 17.2 Å².